The Morgan fingerprint density at radius 3 is 2.35 bits per heavy atom. The van der Waals surface area contributed by atoms with Gasteiger partial charge in [0.15, 0.2) is 0 Å². The van der Waals surface area contributed by atoms with Crippen LogP contribution in [-0.2, 0) is 4.74 Å². The maximum Gasteiger partial charge on any atom is 0.407 e. The van der Waals surface area contributed by atoms with Crippen LogP contribution >= 0.6 is 0 Å². The standard InChI is InChI=1S/C24H23N3O7/c1-33-23-20(27(31)32)10-14(11-25-23)22(29)21(28)12-26-24(30)34-13-19-17-8-4-2-6-15(17)16-7-3-5-9-18(16)19/h2-11,19,21-22,28-29H,12-13H2,1H3,(H,26,30). The maximum absolute atomic E-state index is 12.3. The Balaban J connectivity index is 1.35. The highest BCUT2D eigenvalue weighted by Gasteiger charge is 2.29. The van der Waals surface area contributed by atoms with Gasteiger partial charge in [-0.2, -0.15) is 0 Å². The van der Waals surface area contributed by atoms with Crippen molar-refractivity contribution >= 4 is 11.8 Å². The third kappa shape index (κ3) is 4.54. The molecule has 0 radical (unpaired) electrons. The topological polar surface area (TPSA) is 144 Å². The first-order chi connectivity index (χ1) is 16.4. The Morgan fingerprint density at radius 1 is 1.15 bits per heavy atom. The third-order valence-electron chi connectivity index (χ3n) is 5.75. The van der Waals surface area contributed by atoms with Crippen LogP contribution in [0.15, 0.2) is 60.8 Å². The van der Waals surface area contributed by atoms with Crippen LogP contribution in [0.1, 0.15) is 28.7 Å². The van der Waals surface area contributed by atoms with Gasteiger partial charge >= 0.3 is 11.8 Å². The van der Waals surface area contributed by atoms with Crippen LogP contribution in [0, 0.1) is 10.1 Å². The van der Waals surface area contributed by atoms with Gasteiger partial charge in [0, 0.05) is 30.3 Å². The molecule has 0 fully saturated rings. The summed E-state index contributed by atoms with van der Waals surface area (Å²) in [4.78, 5) is 26.5. The number of carbonyl (C=O) groups excluding carboxylic acids is 1. The van der Waals surface area contributed by atoms with Gasteiger partial charge in [0.05, 0.1) is 12.0 Å². The molecule has 1 aliphatic rings. The van der Waals surface area contributed by atoms with Crippen LogP contribution in [0.4, 0.5) is 10.5 Å². The van der Waals surface area contributed by atoms with Gasteiger partial charge in [0.25, 0.3) is 5.88 Å². The van der Waals surface area contributed by atoms with Crippen molar-refractivity contribution < 1.29 is 29.4 Å². The van der Waals surface area contributed by atoms with E-state index in [1.54, 1.807) is 0 Å². The summed E-state index contributed by atoms with van der Waals surface area (Å²) in [6, 6.07) is 16.9. The Morgan fingerprint density at radius 2 is 1.76 bits per heavy atom. The van der Waals surface area contributed by atoms with Crippen LogP contribution in [0.2, 0.25) is 0 Å². The summed E-state index contributed by atoms with van der Waals surface area (Å²) in [5.74, 6) is -0.327. The minimum absolute atomic E-state index is 0.00865. The molecule has 3 aromatic rings. The lowest BCUT2D eigenvalue weighted by Crippen LogP contribution is -2.36. The molecule has 176 valence electrons. The molecule has 0 spiro atoms. The number of benzene rings is 2. The predicted octanol–water partition coefficient (Wildman–Crippen LogP) is 2.93. The molecular formula is C24H23N3O7. The molecule has 10 heteroatoms. The number of hydrogen-bond donors (Lipinski definition) is 3. The first-order valence-electron chi connectivity index (χ1n) is 10.5. The number of rotatable bonds is 8. The third-order valence-corrected chi connectivity index (χ3v) is 5.75. The summed E-state index contributed by atoms with van der Waals surface area (Å²) >= 11 is 0. The number of aromatic nitrogens is 1. The van der Waals surface area contributed by atoms with E-state index in [0.29, 0.717) is 0 Å². The molecule has 3 N–H and O–H groups in total. The molecule has 1 heterocycles. The van der Waals surface area contributed by atoms with E-state index < -0.39 is 28.9 Å². The molecule has 2 aromatic carbocycles. The number of hydrogen-bond acceptors (Lipinski definition) is 8. The van der Waals surface area contributed by atoms with E-state index in [2.05, 4.69) is 10.3 Å². The molecule has 4 rings (SSSR count). The number of ether oxygens (including phenoxy) is 2. The molecule has 0 aliphatic heterocycles. The quantitative estimate of drug-likeness (QED) is 0.340. The first-order valence-corrected chi connectivity index (χ1v) is 10.5. The Bertz CT molecular complexity index is 1170. The molecule has 0 saturated heterocycles. The number of alkyl carbamates (subject to hydrolysis) is 1. The fraction of sp³-hybridized carbons (Fsp3) is 0.250. The van der Waals surface area contributed by atoms with Crippen molar-refractivity contribution in [3.63, 3.8) is 0 Å². The summed E-state index contributed by atoms with van der Waals surface area (Å²) in [5.41, 5.74) is 3.91. The number of nitrogens with zero attached hydrogens (tertiary/aromatic N) is 2. The minimum atomic E-state index is -1.52. The Kier molecular flexibility index (Phi) is 6.71. The number of pyridine rings is 1. The molecule has 1 aliphatic carbocycles. The molecule has 2 unspecified atom stereocenters. The Hall–Kier alpha value is -4.02. The van der Waals surface area contributed by atoms with Gasteiger partial charge in [-0.1, -0.05) is 48.5 Å². The summed E-state index contributed by atoms with van der Waals surface area (Å²) in [5, 5.41) is 34.2. The van der Waals surface area contributed by atoms with Crippen LogP contribution in [-0.4, -0.2) is 52.6 Å². The van der Waals surface area contributed by atoms with E-state index in [1.165, 1.54) is 7.11 Å². The van der Waals surface area contributed by atoms with E-state index in [1.807, 2.05) is 48.5 Å². The molecule has 1 aromatic heterocycles. The van der Waals surface area contributed by atoms with Crippen molar-refractivity contribution in [1.29, 1.82) is 0 Å². The van der Waals surface area contributed by atoms with Crippen molar-refractivity contribution in [2.24, 2.45) is 0 Å². The van der Waals surface area contributed by atoms with Gasteiger partial charge in [0.2, 0.25) is 0 Å². The van der Waals surface area contributed by atoms with Crippen LogP contribution in [0.25, 0.3) is 11.1 Å². The number of aliphatic hydroxyl groups excluding tert-OH is 2. The monoisotopic (exact) mass is 465 g/mol. The number of methoxy groups -OCH3 is 1. The average molecular weight is 465 g/mol. The highest BCUT2D eigenvalue weighted by Crippen LogP contribution is 2.44. The zero-order chi connectivity index (χ0) is 24.2. The van der Waals surface area contributed by atoms with Gasteiger partial charge in [-0.25, -0.2) is 9.78 Å². The fourth-order valence-corrected chi connectivity index (χ4v) is 4.08. The van der Waals surface area contributed by atoms with Gasteiger partial charge in [-0.15, -0.1) is 0 Å². The highest BCUT2D eigenvalue weighted by atomic mass is 16.6. The minimum Gasteiger partial charge on any atom is -0.476 e. The van der Waals surface area contributed by atoms with Crippen molar-refractivity contribution in [3.8, 4) is 17.0 Å². The van der Waals surface area contributed by atoms with Gasteiger partial charge in [-0.05, 0) is 22.3 Å². The van der Waals surface area contributed by atoms with Crippen LogP contribution < -0.4 is 10.1 Å². The van der Waals surface area contributed by atoms with E-state index in [9.17, 15) is 25.1 Å². The zero-order valence-electron chi connectivity index (χ0n) is 18.2. The van der Waals surface area contributed by atoms with E-state index in [4.69, 9.17) is 9.47 Å². The zero-order valence-corrected chi connectivity index (χ0v) is 18.2. The SMILES string of the molecule is COc1ncc(C(O)C(O)CNC(=O)OCC2c3ccccc3-c3ccccc32)cc1[N+](=O)[O-]. The second kappa shape index (κ2) is 9.86. The highest BCUT2D eigenvalue weighted by molar-refractivity contribution is 5.79. The van der Waals surface area contributed by atoms with Crippen molar-refractivity contribution in [3.05, 3.63) is 87.6 Å². The van der Waals surface area contributed by atoms with Gasteiger partial charge < -0.3 is 25.0 Å². The molecule has 34 heavy (non-hydrogen) atoms. The van der Waals surface area contributed by atoms with Crippen LogP contribution in [0.3, 0.4) is 0 Å². The van der Waals surface area contributed by atoms with Gasteiger partial charge in [0.1, 0.15) is 18.8 Å². The van der Waals surface area contributed by atoms with E-state index in [0.717, 1.165) is 34.5 Å². The summed E-state index contributed by atoms with van der Waals surface area (Å²) < 4.78 is 10.2. The number of aliphatic hydroxyl groups is 2. The summed E-state index contributed by atoms with van der Waals surface area (Å²) in [6.07, 6.45) is -2.57. The molecule has 2 atom stereocenters. The number of fused-ring (bicyclic) bond motifs is 3. The lowest BCUT2D eigenvalue weighted by Gasteiger charge is -2.19. The molecule has 0 saturated carbocycles. The summed E-state index contributed by atoms with van der Waals surface area (Å²) in [7, 11) is 1.23. The smallest absolute Gasteiger partial charge is 0.407 e. The van der Waals surface area contributed by atoms with Crippen molar-refractivity contribution in [2.45, 2.75) is 18.1 Å². The fourth-order valence-electron chi connectivity index (χ4n) is 4.08. The summed E-state index contributed by atoms with van der Waals surface area (Å²) in [6.45, 7) is -0.231. The number of carbonyl (C=O) groups is 1. The number of nitro groups is 1. The second-order valence-corrected chi connectivity index (χ2v) is 7.77. The van der Waals surface area contributed by atoms with Gasteiger partial charge in [-0.3, -0.25) is 10.1 Å². The Labute approximate surface area is 194 Å². The molecule has 10 nitrogen and oxygen atoms in total. The second-order valence-electron chi connectivity index (χ2n) is 7.77. The number of amides is 1. The average Bonchev–Trinajstić information content (AvgIpc) is 3.18. The van der Waals surface area contributed by atoms with Crippen molar-refractivity contribution in [1.82, 2.24) is 10.3 Å². The molecule has 0 bridgehead atoms. The maximum atomic E-state index is 12.3. The van der Waals surface area contributed by atoms with Crippen molar-refractivity contribution in [2.75, 3.05) is 20.3 Å². The lowest BCUT2D eigenvalue weighted by molar-refractivity contribution is -0.386. The van der Waals surface area contributed by atoms with Crippen LogP contribution in [0.5, 0.6) is 5.88 Å². The lowest BCUT2D eigenvalue weighted by atomic mass is 9.98. The largest absolute Gasteiger partial charge is 0.476 e. The predicted molar refractivity (Wildman–Crippen MR) is 121 cm³/mol. The molecular weight excluding hydrogens is 442 g/mol. The van der Waals surface area contributed by atoms with E-state index in [-0.39, 0.29) is 30.5 Å². The van der Waals surface area contributed by atoms with E-state index >= 15 is 0 Å². The number of nitrogens with one attached hydrogen (secondary N) is 1. The molecule has 1 amide bonds. The first kappa shape index (κ1) is 23.1. The normalized spacial score (nSPS) is 14.0.